The van der Waals surface area contributed by atoms with Crippen LogP contribution in [-0.2, 0) is 9.53 Å². The number of benzene rings is 1. The number of ether oxygens (including phenoxy) is 1. The zero-order valence-corrected chi connectivity index (χ0v) is 12.7. The van der Waals surface area contributed by atoms with Crippen molar-refractivity contribution in [1.82, 2.24) is 4.57 Å². The smallest absolute Gasteiger partial charge is 0.363 e. The second kappa shape index (κ2) is 5.34. The number of furan rings is 1. The van der Waals surface area contributed by atoms with E-state index < -0.39 is 5.97 Å². The van der Waals surface area contributed by atoms with Crippen molar-refractivity contribution in [3.05, 3.63) is 65.9 Å². The topological polar surface area (TPSA) is 73.8 Å². The van der Waals surface area contributed by atoms with Crippen LogP contribution in [0.2, 0.25) is 0 Å². The summed E-state index contributed by atoms with van der Waals surface area (Å²) in [6.07, 6.45) is 4.78. The van der Waals surface area contributed by atoms with Crippen LogP contribution in [0.3, 0.4) is 0 Å². The highest BCUT2D eigenvalue weighted by atomic mass is 16.6. The molecule has 6 nitrogen and oxygen atoms in total. The first-order valence-electron chi connectivity index (χ1n) is 7.31. The Hall–Kier alpha value is -3.41. The predicted molar refractivity (Wildman–Crippen MR) is 87.6 cm³/mol. The first-order valence-corrected chi connectivity index (χ1v) is 7.31. The van der Waals surface area contributed by atoms with Crippen LogP contribution in [0, 0.1) is 0 Å². The molecule has 2 aromatic heterocycles. The number of rotatable bonds is 2. The number of hydrogen-bond acceptors (Lipinski definition) is 5. The minimum absolute atomic E-state index is 0.107. The molecule has 0 bridgehead atoms. The summed E-state index contributed by atoms with van der Waals surface area (Å²) in [6.45, 7) is 1.49. The number of fused-ring (bicyclic) bond motifs is 1. The van der Waals surface area contributed by atoms with E-state index in [4.69, 9.17) is 9.15 Å². The maximum absolute atomic E-state index is 12.0. The van der Waals surface area contributed by atoms with E-state index in [-0.39, 0.29) is 17.5 Å². The van der Waals surface area contributed by atoms with Gasteiger partial charge in [-0.2, -0.15) is 0 Å². The van der Waals surface area contributed by atoms with Crippen LogP contribution in [0.4, 0.5) is 0 Å². The fraction of sp³-hybridized carbons (Fsp3) is 0.0556. The van der Waals surface area contributed by atoms with Gasteiger partial charge < -0.3 is 9.15 Å². The van der Waals surface area contributed by atoms with Crippen LogP contribution < -0.4 is 0 Å². The molecule has 0 unspecified atom stereocenters. The van der Waals surface area contributed by atoms with E-state index in [0.29, 0.717) is 5.76 Å². The average Bonchev–Trinajstić information content (AvgIpc) is 3.28. The molecule has 118 valence electrons. The summed E-state index contributed by atoms with van der Waals surface area (Å²) in [5.41, 5.74) is 1.66. The number of nitrogens with zero attached hydrogens (tertiary/aromatic N) is 2. The highest BCUT2D eigenvalue weighted by molar-refractivity contribution is 6.12. The lowest BCUT2D eigenvalue weighted by Crippen LogP contribution is -2.04. The van der Waals surface area contributed by atoms with Crippen molar-refractivity contribution in [1.29, 1.82) is 0 Å². The maximum atomic E-state index is 12.0. The Bertz CT molecular complexity index is 1020. The zero-order valence-electron chi connectivity index (χ0n) is 12.7. The summed E-state index contributed by atoms with van der Waals surface area (Å²) in [7, 11) is 0. The van der Waals surface area contributed by atoms with Gasteiger partial charge in [0.2, 0.25) is 5.91 Å². The lowest BCUT2D eigenvalue weighted by atomic mass is 10.1. The van der Waals surface area contributed by atoms with Gasteiger partial charge in [0.05, 0.1) is 11.8 Å². The number of hydrogen-bond donors (Lipinski definition) is 0. The van der Waals surface area contributed by atoms with Gasteiger partial charge in [-0.05, 0) is 24.3 Å². The van der Waals surface area contributed by atoms with Crippen LogP contribution in [0.1, 0.15) is 23.0 Å². The number of esters is 1. The van der Waals surface area contributed by atoms with Gasteiger partial charge in [-0.3, -0.25) is 9.36 Å². The zero-order chi connectivity index (χ0) is 16.7. The lowest BCUT2D eigenvalue weighted by Gasteiger charge is -1.96. The molecule has 0 spiro atoms. The average molecular weight is 320 g/mol. The minimum Gasteiger partial charge on any atom is -0.459 e. The molecule has 1 aromatic carbocycles. The third-order valence-corrected chi connectivity index (χ3v) is 3.73. The van der Waals surface area contributed by atoms with Crippen molar-refractivity contribution in [3.63, 3.8) is 0 Å². The molecule has 3 aromatic rings. The summed E-state index contributed by atoms with van der Waals surface area (Å²) in [5.74, 6) is -0.143. The molecule has 0 saturated carbocycles. The van der Waals surface area contributed by atoms with Crippen LogP contribution in [0.25, 0.3) is 17.0 Å². The lowest BCUT2D eigenvalue weighted by molar-refractivity contribution is -0.130. The molecule has 0 radical (unpaired) electrons. The van der Waals surface area contributed by atoms with Gasteiger partial charge >= 0.3 is 5.97 Å². The van der Waals surface area contributed by atoms with Crippen LogP contribution in [0.5, 0.6) is 0 Å². The van der Waals surface area contributed by atoms with Crippen molar-refractivity contribution in [2.24, 2.45) is 4.99 Å². The fourth-order valence-electron chi connectivity index (χ4n) is 2.64. The molecule has 0 N–H and O–H groups in total. The van der Waals surface area contributed by atoms with E-state index in [0.717, 1.165) is 16.5 Å². The first kappa shape index (κ1) is 14.2. The Morgan fingerprint density at radius 1 is 1.21 bits per heavy atom. The number of carbonyl (C=O) groups is 2. The second-order valence-electron chi connectivity index (χ2n) is 5.30. The van der Waals surface area contributed by atoms with Crippen molar-refractivity contribution < 1.29 is 18.7 Å². The Kier molecular flexibility index (Phi) is 3.16. The van der Waals surface area contributed by atoms with Gasteiger partial charge in [0.15, 0.2) is 11.5 Å². The molecule has 6 heteroatoms. The molecule has 1 aliphatic rings. The van der Waals surface area contributed by atoms with Crippen molar-refractivity contribution >= 4 is 34.8 Å². The summed E-state index contributed by atoms with van der Waals surface area (Å²) in [4.78, 5) is 28.0. The number of para-hydroxylation sites is 1. The standard InChI is InChI=1S/C18H12N2O4/c1-11(21)20-10-12(13-5-2-3-6-15(13)20)9-14-18(22)24-17(19-14)16-7-4-8-23-16/h2-10H,1H3/b14-9-. The van der Waals surface area contributed by atoms with Crippen LogP contribution in [0.15, 0.2) is 64.0 Å². The van der Waals surface area contributed by atoms with Crippen molar-refractivity contribution in [3.8, 4) is 0 Å². The Balaban J connectivity index is 1.83. The Morgan fingerprint density at radius 2 is 2.04 bits per heavy atom. The van der Waals surface area contributed by atoms with Gasteiger partial charge in [-0.1, -0.05) is 18.2 Å². The molecule has 0 fully saturated rings. The van der Waals surface area contributed by atoms with Crippen molar-refractivity contribution in [2.45, 2.75) is 6.92 Å². The van der Waals surface area contributed by atoms with Gasteiger partial charge in [0.25, 0.3) is 5.90 Å². The van der Waals surface area contributed by atoms with E-state index in [1.807, 2.05) is 24.3 Å². The van der Waals surface area contributed by atoms with Gasteiger partial charge in [0.1, 0.15) is 0 Å². The van der Waals surface area contributed by atoms with E-state index >= 15 is 0 Å². The summed E-state index contributed by atoms with van der Waals surface area (Å²) in [6, 6.07) is 10.8. The molecule has 1 aliphatic heterocycles. The molecule has 24 heavy (non-hydrogen) atoms. The Labute approximate surface area is 136 Å². The molecule has 0 saturated heterocycles. The third-order valence-electron chi connectivity index (χ3n) is 3.73. The highest BCUT2D eigenvalue weighted by Gasteiger charge is 2.26. The molecule has 0 amide bonds. The first-order chi connectivity index (χ1) is 11.6. The van der Waals surface area contributed by atoms with E-state index in [9.17, 15) is 9.59 Å². The van der Waals surface area contributed by atoms with Gasteiger partial charge in [0, 0.05) is 24.1 Å². The van der Waals surface area contributed by atoms with Crippen molar-refractivity contribution in [2.75, 3.05) is 0 Å². The number of aromatic nitrogens is 1. The minimum atomic E-state index is -0.555. The second-order valence-corrected chi connectivity index (χ2v) is 5.30. The van der Waals surface area contributed by atoms with E-state index in [1.54, 1.807) is 29.0 Å². The van der Waals surface area contributed by atoms with Crippen LogP contribution in [-0.4, -0.2) is 22.3 Å². The molecule has 0 atom stereocenters. The molecular weight excluding hydrogens is 308 g/mol. The number of aliphatic imine (C=N–C) groups is 1. The summed E-state index contributed by atoms with van der Waals surface area (Å²) < 4.78 is 11.9. The maximum Gasteiger partial charge on any atom is 0.363 e. The summed E-state index contributed by atoms with van der Waals surface area (Å²) in [5, 5.41) is 0.856. The largest absolute Gasteiger partial charge is 0.459 e. The third kappa shape index (κ3) is 2.25. The quantitative estimate of drug-likeness (QED) is 0.537. The Morgan fingerprint density at radius 3 is 2.79 bits per heavy atom. The summed E-state index contributed by atoms with van der Waals surface area (Å²) >= 11 is 0. The number of cyclic esters (lactones) is 1. The van der Waals surface area contributed by atoms with Gasteiger partial charge in [-0.25, -0.2) is 9.79 Å². The van der Waals surface area contributed by atoms with Gasteiger partial charge in [-0.15, -0.1) is 0 Å². The predicted octanol–water partition coefficient (Wildman–Crippen LogP) is 3.24. The molecule has 0 aliphatic carbocycles. The van der Waals surface area contributed by atoms with E-state index in [2.05, 4.69) is 4.99 Å². The van der Waals surface area contributed by atoms with E-state index in [1.165, 1.54) is 13.2 Å². The SMILES string of the molecule is CC(=O)n1cc(/C=C2\N=C(c3ccco3)OC2=O)c2ccccc21. The fourth-order valence-corrected chi connectivity index (χ4v) is 2.64. The number of carbonyl (C=O) groups excluding carboxylic acids is 2. The van der Waals surface area contributed by atoms with Crippen LogP contribution >= 0.6 is 0 Å². The monoisotopic (exact) mass is 320 g/mol. The highest BCUT2D eigenvalue weighted by Crippen LogP contribution is 2.26. The molecule has 3 heterocycles. The normalized spacial score (nSPS) is 15.8. The molecular formula is C18H12N2O4. The molecule has 4 rings (SSSR count).